The van der Waals surface area contributed by atoms with Gasteiger partial charge < -0.3 is 19.8 Å². The standard InChI is InChI=1S/C24H22N4O7S/c1-14-4-5-16(35-3)12-20(14)25-19-10-11-22(28(30)31)23-18(19)13-21(26-23)24(29)27-36(32,33)17-8-6-15(34-2)7-9-17/h4-13,25-26H,1-3H3,(H,27,29). The average Bonchev–Trinajstić information content (AvgIpc) is 3.31. The summed E-state index contributed by atoms with van der Waals surface area (Å²) in [7, 11) is -1.23. The first kappa shape index (κ1) is 24.5. The van der Waals surface area contributed by atoms with E-state index in [9.17, 15) is 23.3 Å². The summed E-state index contributed by atoms with van der Waals surface area (Å²) in [5.41, 5.74) is 1.69. The Morgan fingerprint density at radius 3 is 2.25 bits per heavy atom. The average molecular weight is 511 g/mol. The molecule has 0 saturated carbocycles. The van der Waals surface area contributed by atoms with Crippen LogP contribution in [0, 0.1) is 17.0 Å². The van der Waals surface area contributed by atoms with Crippen molar-refractivity contribution in [2.75, 3.05) is 19.5 Å². The molecule has 0 fully saturated rings. The molecule has 11 nitrogen and oxygen atoms in total. The minimum atomic E-state index is -4.21. The first-order valence-electron chi connectivity index (χ1n) is 10.6. The molecule has 0 aliphatic rings. The maximum absolute atomic E-state index is 12.9. The number of benzene rings is 3. The number of ether oxygens (including phenoxy) is 2. The van der Waals surface area contributed by atoms with E-state index in [2.05, 4.69) is 10.3 Å². The number of nitrogens with zero attached hydrogens (tertiary/aromatic N) is 1. The van der Waals surface area contributed by atoms with E-state index in [1.807, 2.05) is 17.7 Å². The van der Waals surface area contributed by atoms with E-state index in [-0.39, 0.29) is 21.8 Å². The number of hydrogen-bond donors (Lipinski definition) is 3. The van der Waals surface area contributed by atoms with Crippen molar-refractivity contribution < 1.29 is 27.6 Å². The topological polar surface area (TPSA) is 153 Å². The van der Waals surface area contributed by atoms with Gasteiger partial charge in [-0.1, -0.05) is 6.07 Å². The second-order valence-electron chi connectivity index (χ2n) is 7.78. The number of nitro groups is 1. The Morgan fingerprint density at radius 1 is 0.944 bits per heavy atom. The van der Waals surface area contributed by atoms with Crippen molar-refractivity contribution >= 4 is 43.9 Å². The zero-order chi connectivity index (χ0) is 26.0. The van der Waals surface area contributed by atoms with Crippen LogP contribution in [-0.2, 0) is 10.0 Å². The highest BCUT2D eigenvalue weighted by Crippen LogP contribution is 2.35. The summed E-state index contributed by atoms with van der Waals surface area (Å²) in [5, 5.41) is 15.1. The second kappa shape index (κ2) is 9.58. The molecule has 0 unspecified atom stereocenters. The fraction of sp³-hybridized carbons (Fsp3) is 0.125. The van der Waals surface area contributed by atoms with Crippen LogP contribution >= 0.6 is 0 Å². The number of aromatic nitrogens is 1. The van der Waals surface area contributed by atoms with Crippen molar-refractivity contribution in [2.24, 2.45) is 0 Å². The number of sulfonamides is 1. The number of amides is 1. The predicted molar refractivity (Wildman–Crippen MR) is 134 cm³/mol. The van der Waals surface area contributed by atoms with E-state index in [1.54, 1.807) is 12.1 Å². The highest BCUT2D eigenvalue weighted by atomic mass is 32.2. The van der Waals surface area contributed by atoms with Gasteiger partial charge in [-0.15, -0.1) is 0 Å². The highest BCUT2D eigenvalue weighted by molar-refractivity contribution is 7.90. The van der Waals surface area contributed by atoms with Crippen molar-refractivity contribution in [3.05, 3.63) is 82.0 Å². The molecule has 0 spiro atoms. The molecule has 12 heteroatoms. The number of nitro benzene ring substituents is 1. The van der Waals surface area contributed by atoms with Crippen LogP contribution in [0.2, 0.25) is 0 Å². The van der Waals surface area contributed by atoms with Crippen molar-refractivity contribution in [2.45, 2.75) is 11.8 Å². The smallest absolute Gasteiger partial charge is 0.293 e. The summed E-state index contributed by atoms with van der Waals surface area (Å²) in [6, 6.07) is 15.1. The van der Waals surface area contributed by atoms with Crippen LogP contribution in [0.1, 0.15) is 16.1 Å². The lowest BCUT2D eigenvalue weighted by molar-refractivity contribution is -0.383. The third-order valence-corrected chi connectivity index (χ3v) is 6.87. The molecule has 36 heavy (non-hydrogen) atoms. The molecule has 4 rings (SSSR count). The lowest BCUT2D eigenvalue weighted by Crippen LogP contribution is -2.30. The molecule has 0 aliphatic heterocycles. The third-order valence-electron chi connectivity index (χ3n) is 5.52. The zero-order valence-corrected chi connectivity index (χ0v) is 20.3. The molecule has 0 atom stereocenters. The Kier molecular flexibility index (Phi) is 6.53. The summed E-state index contributed by atoms with van der Waals surface area (Å²) in [6.07, 6.45) is 0. The molecule has 1 amide bonds. The van der Waals surface area contributed by atoms with Gasteiger partial charge in [0.15, 0.2) is 0 Å². The number of hydrogen-bond acceptors (Lipinski definition) is 8. The van der Waals surface area contributed by atoms with Gasteiger partial charge in [-0.3, -0.25) is 14.9 Å². The summed E-state index contributed by atoms with van der Waals surface area (Å²) in [5.74, 6) is 0.0912. The zero-order valence-electron chi connectivity index (χ0n) is 19.5. The third kappa shape index (κ3) is 4.79. The van der Waals surface area contributed by atoms with E-state index in [1.165, 1.54) is 56.7 Å². The predicted octanol–water partition coefficient (Wildman–Crippen LogP) is 4.26. The van der Waals surface area contributed by atoms with Gasteiger partial charge in [-0.25, -0.2) is 13.1 Å². The molecule has 186 valence electrons. The first-order valence-corrected chi connectivity index (χ1v) is 12.0. The molecule has 0 aliphatic carbocycles. The van der Waals surface area contributed by atoms with E-state index in [0.717, 1.165) is 5.56 Å². The summed E-state index contributed by atoms with van der Waals surface area (Å²) >= 11 is 0. The molecule has 0 saturated heterocycles. The molecular formula is C24H22N4O7S. The molecule has 0 bridgehead atoms. The van der Waals surface area contributed by atoms with Crippen LogP contribution in [0.4, 0.5) is 17.1 Å². The highest BCUT2D eigenvalue weighted by Gasteiger charge is 2.24. The number of carbonyl (C=O) groups excluding carboxylic acids is 1. The molecule has 1 aromatic heterocycles. The molecule has 0 radical (unpaired) electrons. The first-order chi connectivity index (χ1) is 17.1. The lowest BCUT2D eigenvalue weighted by Gasteiger charge is -2.12. The number of anilines is 2. The van der Waals surface area contributed by atoms with Crippen LogP contribution in [0.5, 0.6) is 11.5 Å². The van der Waals surface area contributed by atoms with Crippen molar-refractivity contribution in [1.82, 2.24) is 9.71 Å². The number of rotatable bonds is 8. The number of H-pyrrole nitrogens is 1. The van der Waals surface area contributed by atoms with Crippen LogP contribution in [-0.4, -0.2) is 38.5 Å². The van der Waals surface area contributed by atoms with Gasteiger partial charge in [0.1, 0.15) is 22.7 Å². The SMILES string of the molecule is COc1ccc(S(=O)(=O)NC(=O)c2cc3c(Nc4cc(OC)ccc4C)ccc([N+](=O)[O-])c3[nH]2)cc1. The van der Waals surface area contributed by atoms with Gasteiger partial charge in [0, 0.05) is 28.9 Å². The Balaban J connectivity index is 1.71. The number of aromatic amines is 1. The molecular weight excluding hydrogens is 488 g/mol. The quantitative estimate of drug-likeness (QED) is 0.235. The number of non-ortho nitro benzene ring substituents is 1. The minimum absolute atomic E-state index is 0.0672. The van der Waals surface area contributed by atoms with E-state index >= 15 is 0 Å². The molecule has 3 N–H and O–H groups in total. The van der Waals surface area contributed by atoms with Gasteiger partial charge in [0.05, 0.1) is 24.0 Å². The van der Waals surface area contributed by atoms with Crippen molar-refractivity contribution in [1.29, 1.82) is 0 Å². The number of aryl methyl sites for hydroxylation is 1. The normalized spacial score (nSPS) is 11.2. The Bertz CT molecular complexity index is 1580. The van der Waals surface area contributed by atoms with E-state index in [0.29, 0.717) is 28.3 Å². The van der Waals surface area contributed by atoms with Gasteiger partial charge in [0.25, 0.3) is 21.6 Å². The van der Waals surface area contributed by atoms with Crippen LogP contribution < -0.4 is 19.5 Å². The Morgan fingerprint density at radius 2 is 1.61 bits per heavy atom. The lowest BCUT2D eigenvalue weighted by atomic mass is 10.1. The molecule has 1 heterocycles. The largest absolute Gasteiger partial charge is 0.497 e. The fourth-order valence-corrected chi connectivity index (χ4v) is 4.55. The monoisotopic (exact) mass is 510 g/mol. The van der Waals surface area contributed by atoms with Gasteiger partial charge in [-0.2, -0.15) is 0 Å². The molecule has 4 aromatic rings. The van der Waals surface area contributed by atoms with Crippen molar-refractivity contribution in [3.8, 4) is 11.5 Å². The Hall–Kier alpha value is -4.58. The maximum Gasteiger partial charge on any atom is 0.293 e. The van der Waals surface area contributed by atoms with E-state index < -0.39 is 20.9 Å². The van der Waals surface area contributed by atoms with Crippen LogP contribution in [0.3, 0.4) is 0 Å². The van der Waals surface area contributed by atoms with Gasteiger partial charge >= 0.3 is 0 Å². The number of carbonyl (C=O) groups is 1. The Labute approximate surface area is 206 Å². The van der Waals surface area contributed by atoms with Gasteiger partial charge in [-0.05, 0) is 55.0 Å². The van der Waals surface area contributed by atoms with E-state index in [4.69, 9.17) is 9.47 Å². The maximum atomic E-state index is 12.9. The van der Waals surface area contributed by atoms with Crippen LogP contribution in [0.15, 0.2) is 65.6 Å². The van der Waals surface area contributed by atoms with Crippen LogP contribution in [0.25, 0.3) is 10.9 Å². The number of nitrogens with one attached hydrogen (secondary N) is 3. The van der Waals surface area contributed by atoms with Crippen molar-refractivity contribution in [3.63, 3.8) is 0 Å². The summed E-state index contributed by atoms with van der Waals surface area (Å²) < 4.78 is 37.6. The molecule has 3 aromatic carbocycles. The number of fused-ring (bicyclic) bond motifs is 1. The summed E-state index contributed by atoms with van der Waals surface area (Å²) in [4.78, 5) is 26.4. The second-order valence-corrected chi connectivity index (χ2v) is 9.46. The minimum Gasteiger partial charge on any atom is -0.497 e. The van der Waals surface area contributed by atoms with Gasteiger partial charge in [0.2, 0.25) is 0 Å². The summed E-state index contributed by atoms with van der Waals surface area (Å²) in [6.45, 7) is 1.88. The number of methoxy groups -OCH3 is 2. The fourth-order valence-electron chi connectivity index (χ4n) is 3.59.